The van der Waals surface area contributed by atoms with Gasteiger partial charge in [0.2, 0.25) is 0 Å². The predicted octanol–water partition coefficient (Wildman–Crippen LogP) is 2.72. The van der Waals surface area contributed by atoms with E-state index < -0.39 is 5.97 Å². The molecule has 2 aromatic rings. The van der Waals surface area contributed by atoms with Crippen molar-refractivity contribution in [1.29, 1.82) is 0 Å². The second-order valence-corrected chi connectivity index (χ2v) is 4.76. The molecule has 21 heavy (non-hydrogen) atoms. The Hall–Kier alpha value is -2.56. The van der Waals surface area contributed by atoms with Gasteiger partial charge in [0.1, 0.15) is 5.56 Å². The number of aromatic nitrogens is 1. The largest absolute Gasteiger partial charge is 0.478 e. The number of hydrogen-bond donors (Lipinski definition) is 2. The van der Waals surface area contributed by atoms with Gasteiger partial charge < -0.3 is 15.3 Å². The summed E-state index contributed by atoms with van der Waals surface area (Å²) in [6.45, 7) is 1.60. The van der Waals surface area contributed by atoms with Gasteiger partial charge in [-0.15, -0.1) is 0 Å². The number of carboxylic acid groups (broad SMARTS) is 1. The Morgan fingerprint density at radius 3 is 2.76 bits per heavy atom. The zero-order valence-corrected chi connectivity index (χ0v) is 12.0. The van der Waals surface area contributed by atoms with Crippen LogP contribution in [0.25, 0.3) is 0 Å². The minimum atomic E-state index is -0.966. The molecule has 1 aromatic heterocycles. The quantitative estimate of drug-likeness (QED) is 0.766. The minimum absolute atomic E-state index is 0.203. The second-order valence-electron chi connectivity index (χ2n) is 4.76. The first-order chi connectivity index (χ1) is 10.2. The first kappa shape index (κ1) is 14.8. The smallest absolute Gasteiger partial charge is 0.339 e. The van der Waals surface area contributed by atoms with Gasteiger partial charge >= 0.3 is 5.97 Å². The molecular formula is C16H19N3O2. The van der Waals surface area contributed by atoms with Crippen LogP contribution in [0.1, 0.15) is 16.8 Å². The summed E-state index contributed by atoms with van der Waals surface area (Å²) in [6, 6.07) is 11.8. The molecule has 0 bridgehead atoms. The maximum absolute atomic E-state index is 11.1. The maximum atomic E-state index is 11.1. The van der Waals surface area contributed by atoms with Crippen LogP contribution in [0, 0.1) is 0 Å². The number of nitrogens with zero attached hydrogens (tertiary/aromatic N) is 2. The molecule has 0 atom stereocenters. The van der Waals surface area contributed by atoms with E-state index >= 15 is 0 Å². The molecule has 0 aliphatic heterocycles. The Kier molecular flexibility index (Phi) is 5.15. The van der Waals surface area contributed by atoms with Crippen LogP contribution < -0.4 is 10.2 Å². The molecule has 0 unspecified atom stereocenters. The van der Waals surface area contributed by atoms with E-state index in [0.29, 0.717) is 12.2 Å². The Morgan fingerprint density at radius 2 is 2.05 bits per heavy atom. The minimum Gasteiger partial charge on any atom is -0.478 e. The van der Waals surface area contributed by atoms with E-state index in [4.69, 9.17) is 5.11 Å². The summed E-state index contributed by atoms with van der Waals surface area (Å²) >= 11 is 0. The van der Waals surface area contributed by atoms with Crippen LogP contribution in [-0.4, -0.2) is 36.2 Å². The fourth-order valence-electron chi connectivity index (χ4n) is 2.07. The van der Waals surface area contributed by atoms with Crippen molar-refractivity contribution in [3.63, 3.8) is 0 Å². The van der Waals surface area contributed by atoms with Crippen molar-refractivity contribution in [2.45, 2.75) is 6.42 Å². The third kappa shape index (κ3) is 4.21. The lowest BCUT2D eigenvalue weighted by atomic mass is 10.2. The highest BCUT2D eigenvalue weighted by molar-refractivity contribution is 5.93. The van der Waals surface area contributed by atoms with E-state index in [2.05, 4.69) is 27.3 Å². The topological polar surface area (TPSA) is 65.5 Å². The van der Waals surface area contributed by atoms with E-state index in [1.165, 1.54) is 11.9 Å². The number of para-hydroxylation sites is 1. The van der Waals surface area contributed by atoms with Gasteiger partial charge in [0.15, 0.2) is 0 Å². The van der Waals surface area contributed by atoms with Crippen molar-refractivity contribution in [3.05, 3.63) is 54.4 Å². The second kappa shape index (κ2) is 7.28. The first-order valence-corrected chi connectivity index (χ1v) is 6.86. The van der Waals surface area contributed by atoms with Crippen LogP contribution in [0.2, 0.25) is 0 Å². The molecule has 0 radical (unpaired) electrons. The van der Waals surface area contributed by atoms with Crippen molar-refractivity contribution < 1.29 is 9.90 Å². The van der Waals surface area contributed by atoms with Crippen molar-refractivity contribution in [2.24, 2.45) is 0 Å². The average Bonchev–Trinajstić information content (AvgIpc) is 2.52. The maximum Gasteiger partial charge on any atom is 0.339 e. The summed E-state index contributed by atoms with van der Waals surface area (Å²) in [4.78, 5) is 17.1. The van der Waals surface area contributed by atoms with Gasteiger partial charge in [-0.2, -0.15) is 0 Å². The van der Waals surface area contributed by atoms with Crippen LogP contribution >= 0.6 is 0 Å². The fraction of sp³-hybridized carbons (Fsp3) is 0.250. The van der Waals surface area contributed by atoms with Crippen molar-refractivity contribution in [1.82, 2.24) is 4.98 Å². The lowest BCUT2D eigenvalue weighted by Crippen LogP contribution is -2.21. The molecule has 0 saturated carbocycles. The Balaban J connectivity index is 1.81. The highest BCUT2D eigenvalue weighted by atomic mass is 16.4. The number of carboxylic acids is 1. The molecular weight excluding hydrogens is 266 g/mol. The van der Waals surface area contributed by atoms with Crippen molar-refractivity contribution in [2.75, 3.05) is 30.4 Å². The molecule has 0 aliphatic rings. The third-order valence-corrected chi connectivity index (χ3v) is 3.23. The lowest BCUT2D eigenvalue weighted by molar-refractivity contribution is 0.0697. The highest BCUT2D eigenvalue weighted by Crippen LogP contribution is 2.14. The lowest BCUT2D eigenvalue weighted by Gasteiger charge is -2.19. The predicted molar refractivity (Wildman–Crippen MR) is 84.0 cm³/mol. The number of aromatic carboxylic acids is 1. The molecule has 2 rings (SSSR count). The summed E-state index contributed by atoms with van der Waals surface area (Å²) in [6.07, 6.45) is 3.86. The zero-order valence-electron chi connectivity index (χ0n) is 12.0. The van der Waals surface area contributed by atoms with E-state index in [0.717, 1.165) is 13.0 Å². The van der Waals surface area contributed by atoms with Crippen LogP contribution in [0.3, 0.4) is 0 Å². The van der Waals surface area contributed by atoms with Gasteiger partial charge in [0.05, 0.1) is 5.69 Å². The van der Waals surface area contributed by atoms with Crippen LogP contribution in [0.4, 0.5) is 11.4 Å². The Bertz CT molecular complexity index is 587. The van der Waals surface area contributed by atoms with E-state index in [1.54, 1.807) is 12.3 Å². The van der Waals surface area contributed by atoms with Crippen molar-refractivity contribution >= 4 is 17.3 Å². The van der Waals surface area contributed by atoms with Crippen LogP contribution in [-0.2, 0) is 0 Å². The monoisotopic (exact) mass is 285 g/mol. The highest BCUT2D eigenvalue weighted by Gasteiger charge is 2.09. The molecule has 2 N–H and O–H groups in total. The zero-order chi connectivity index (χ0) is 15.1. The van der Waals surface area contributed by atoms with Gasteiger partial charge in [0, 0.05) is 38.2 Å². The number of nitrogens with one attached hydrogen (secondary N) is 1. The van der Waals surface area contributed by atoms with Gasteiger partial charge in [-0.05, 0) is 24.6 Å². The molecule has 0 spiro atoms. The molecule has 0 fully saturated rings. The number of anilines is 2. The summed E-state index contributed by atoms with van der Waals surface area (Å²) in [5, 5.41) is 12.2. The summed E-state index contributed by atoms with van der Waals surface area (Å²) in [7, 11) is 2.05. The summed E-state index contributed by atoms with van der Waals surface area (Å²) in [5.74, 6) is -0.966. The molecule has 1 aromatic carbocycles. The summed E-state index contributed by atoms with van der Waals surface area (Å²) in [5.41, 5.74) is 1.99. The van der Waals surface area contributed by atoms with Crippen molar-refractivity contribution in [3.8, 4) is 0 Å². The standard InChI is InChI=1S/C16H19N3O2/c1-19(13-6-3-2-4-7-13)11-5-9-18-15-8-10-17-12-14(15)16(20)21/h2-4,6-8,10,12H,5,9,11H2,1H3,(H,17,18)(H,20,21). The van der Waals surface area contributed by atoms with Gasteiger partial charge in [-0.25, -0.2) is 4.79 Å². The SMILES string of the molecule is CN(CCCNc1ccncc1C(=O)O)c1ccccc1. The molecule has 110 valence electrons. The van der Waals surface area contributed by atoms with Crippen LogP contribution in [0.5, 0.6) is 0 Å². The molecule has 0 aliphatic carbocycles. The number of pyridine rings is 1. The van der Waals surface area contributed by atoms with Crippen LogP contribution in [0.15, 0.2) is 48.8 Å². The summed E-state index contributed by atoms with van der Waals surface area (Å²) < 4.78 is 0. The third-order valence-electron chi connectivity index (χ3n) is 3.23. The van der Waals surface area contributed by atoms with E-state index in [-0.39, 0.29) is 5.56 Å². The molecule has 0 amide bonds. The normalized spacial score (nSPS) is 10.1. The number of benzene rings is 1. The Morgan fingerprint density at radius 1 is 1.29 bits per heavy atom. The number of rotatable bonds is 7. The molecule has 5 heteroatoms. The van der Waals surface area contributed by atoms with E-state index in [9.17, 15) is 4.79 Å². The molecule has 5 nitrogen and oxygen atoms in total. The molecule has 0 saturated heterocycles. The number of carbonyl (C=O) groups is 1. The van der Waals surface area contributed by atoms with Gasteiger partial charge in [-0.3, -0.25) is 4.98 Å². The Labute approximate surface area is 124 Å². The van der Waals surface area contributed by atoms with Gasteiger partial charge in [0.25, 0.3) is 0 Å². The van der Waals surface area contributed by atoms with E-state index in [1.807, 2.05) is 25.2 Å². The average molecular weight is 285 g/mol. The molecule has 1 heterocycles. The fourth-order valence-corrected chi connectivity index (χ4v) is 2.07. The van der Waals surface area contributed by atoms with Gasteiger partial charge in [-0.1, -0.05) is 18.2 Å². The first-order valence-electron chi connectivity index (χ1n) is 6.86. The number of hydrogen-bond acceptors (Lipinski definition) is 4.